The van der Waals surface area contributed by atoms with Crippen molar-refractivity contribution in [3.05, 3.63) is 0 Å². The molecule has 0 bridgehead atoms. The first-order chi connectivity index (χ1) is 8.15. The van der Waals surface area contributed by atoms with Gasteiger partial charge in [-0.2, -0.15) is 0 Å². The molecule has 2 aliphatic rings. The lowest BCUT2D eigenvalue weighted by Crippen LogP contribution is -2.31. The van der Waals surface area contributed by atoms with Gasteiger partial charge in [-0.05, 0) is 44.4 Å². The normalized spacial score (nSPS) is 34.0. The Labute approximate surface area is 103 Å². The van der Waals surface area contributed by atoms with Crippen LogP contribution in [0.4, 0.5) is 0 Å². The van der Waals surface area contributed by atoms with Crippen molar-refractivity contribution in [1.82, 2.24) is 4.90 Å². The maximum atomic E-state index is 11.9. The van der Waals surface area contributed by atoms with Crippen LogP contribution in [-0.2, 0) is 4.79 Å². The number of carbonyl (C=O) groups excluding carboxylic acids is 1. The second-order valence-electron chi connectivity index (χ2n) is 5.60. The van der Waals surface area contributed by atoms with E-state index in [-0.39, 0.29) is 12.0 Å². The zero-order chi connectivity index (χ0) is 12.3. The van der Waals surface area contributed by atoms with E-state index in [0.717, 1.165) is 32.2 Å². The fourth-order valence-electron chi connectivity index (χ4n) is 2.93. The van der Waals surface area contributed by atoms with Gasteiger partial charge in [0.15, 0.2) is 0 Å². The number of aliphatic hydroxyl groups is 1. The van der Waals surface area contributed by atoms with Gasteiger partial charge in [-0.15, -0.1) is 0 Å². The molecule has 2 fully saturated rings. The zero-order valence-electron chi connectivity index (χ0n) is 10.5. The summed E-state index contributed by atoms with van der Waals surface area (Å²) in [4.78, 5) is 13.7. The Morgan fingerprint density at radius 3 is 2.53 bits per heavy atom. The quantitative estimate of drug-likeness (QED) is 0.769. The molecule has 1 heterocycles. The number of β-amino-alcohol motifs (C(OH)–C–C–N with tert-alkyl or cyclic N) is 1. The van der Waals surface area contributed by atoms with Crippen LogP contribution >= 0.6 is 0 Å². The van der Waals surface area contributed by atoms with Crippen LogP contribution in [0.2, 0.25) is 0 Å². The number of hydrogen-bond donors (Lipinski definition) is 2. The van der Waals surface area contributed by atoms with Crippen LogP contribution in [0.3, 0.4) is 0 Å². The van der Waals surface area contributed by atoms with Crippen molar-refractivity contribution < 1.29 is 9.90 Å². The number of hydrogen-bond acceptors (Lipinski definition) is 3. The van der Waals surface area contributed by atoms with Crippen LogP contribution in [-0.4, -0.2) is 41.1 Å². The Bertz CT molecular complexity index is 262. The topological polar surface area (TPSA) is 66.6 Å². The molecule has 1 saturated heterocycles. The first kappa shape index (κ1) is 12.8. The number of carbonyl (C=O) groups is 1. The number of aliphatic hydroxyl groups excluding tert-OH is 1. The number of nitrogens with two attached hydrogens (primary N) is 1. The average molecular weight is 240 g/mol. The van der Waals surface area contributed by atoms with Gasteiger partial charge in [0, 0.05) is 25.6 Å². The van der Waals surface area contributed by atoms with Crippen molar-refractivity contribution in [2.75, 3.05) is 13.1 Å². The molecule has 1 aliphatic heterocycles. The molecular weight excluding hydrogens is 216 g/mol. The predicted molar refractivity (Wildman–Crippen MR) is 66.4 cm³/mol. The van der Waals surface area contributed by atoms with E-state index in [1.165, 1.54) is 12.8 Å². The molecule has 0 aromatic carbocycles. The summed E-state index contributed by atoms with van der Waals surface area (Å²) in [6.45, 7) is 1.27. The second kappa shape index (κ2) is 5.83. The first-order valence-electron chi connectivity index (χ1n) is 6.86. The lowest BCUT2D eigenvalue weighted by molar-refractivity contribution is -0.130. The molecule has 1 unspecified atom stereocenters. The first-order valence-corrected chi connectivity index (χ1v) is 6.86. The van der Waals surface area contributed by atoms with Crippen molar-refractivity contribution in [3.8, 4) is 0 Å². The van der Waals surface area contributed by atoms with E-state index in [2.05, 4.69) is 0 Å². The second-order valence-corrected chi connectivity index (χ2v) is 5.60. The molecule has 17 heavy (non-hydrogen) atoms. The van der Waals surface area contributed by atoms with Crippen molar-refractivity contribution in [2.45, 2.75) is 57.1 Å². The van der Waals surface area contributed by atoms with Gasteiger partial charge in [-0.3, -0.25) is 4.79 Å². The Balaban J connectivity index is 1.66. The van der Waals surface area contributed by atoms with Crippen LogP contribution < -0.4 is 5.73 Å². The lowest BCUT2D eigenvalue weighted by Gasteiger charge is -2.26. The maximum Gasteiger partial charge on any atom is 0.222 e. The Kier molecular flexibility index (Phi) is 4.40. The Hall–Kier alpha value is -0.610. The summed E-state index contributed by atoms with van der Waals surface area (Å²) in [6.07, 6.45) is 6.66. The number of amides is 1. The standard InChI is InChI=1S/C13H24N2O2/c14-11-4-1-10(2-5-11)3-6-13(17)15-8-7-12(16)9-15/h10-12,16H,1-9,14H2. The van der Waals surface area contributed by atoms with E-state index in [1.807, 2.05) is 0 Å². The van der Waals surface area contributed by atoms with Gasteiger partial charge in [-0.1, -0.05) is 0 Å². The zero-order valence-corrected chi connectivity index (χ0v) is 10.5. The summed E-state index contributed by atoms with van der Waals surface area (Å²) in [5.74, 6) is 0.905. The molecule has 1 atom stereocenters. The molecular formula is C13H24N2O2. The lowest BCUT2D eigenvalue weighted by atomic mass is 9.84. The number of nitrogens with zero attached hydrogens (tertiary/aromatic N) is 1. The van der Waals surface area contributed by atoms with Gasteiger partial charge in [-0.25, -0.2) is 0 Å². The molecule has 0 aromatic heterocycles. The summed E-state index contributed by atoms with van der Waals surface area (Å²) in [7, 11) is 0. The van der Waals surface area contributed by atoms with Crippen molar-refractivity contribution in [2.24, 2.45) is 11.7 Å². The summed E-state index contributed by atoms with van der Waals surface area (Å²) in [5, 5.41) is 9.39. The molecule has 98 valence electrons. The van der Waals surface area contributed by atoms with E-state index < -0.39 is 0 Å². The van der Waals surface area contributed by atoms with Gasteiger partial charge in [0.2, 0.25) is 5.91 Å². The van der Waals surface area contributed by atoms with Gasteiger partial charge in [0.05, 0.1) is 6.10 Å². The van der Waals surface area contributed by atoms with E-state index in [4.69, 9.17) is 5.73 Å². The highest BCUT2D eigenvalue weighted by Gasteiger charge is 2.25. The Morgan fingerprint density at radius 2 is 1.94 bits per heavy atom. The van der Waals surface area contributed by atoms with E-state index in [9.17, 15) is 9.90 Å². The van der Waals surface area contributed by atoms with Crippen LogP contribution in [0.1, 0.15) is 44.9 Å². The highest BCUT2D eigenvalue weighted by atomic mass is 16.3. The minimum atomic E-state index is -0.299. The fraction of sp³-hybridized carbons (Fsp3) is 0.923. The maximum absolute atomic E-state index is 11.9. The third kappa shape index (κ3) is 3.68. The molecule has 0 aromatic rings. The molecule has 1 amide bonds. The molecule has 0 radical (unpaired) electrons. The van der Waals surface area contributed by atoms with Gasteiger partial charge < -0.3 is 15.7 Å². The summed E-state index contributed by atoms with van der Waals surface area (Å²) >= 11 is 0. The van der Waals surface area contributed by atoms with Gasteiger partial charge in [0.1, 0.15) is 0 Å². The molecule has 0 spiro atoms. The summed E-state index contributed by atoms with van der Waals surface area (Å²) in [6, 6.07) is 0.385. The van der Waals surface area contributed by atoms with Crippen molar-refractivity contribution in [1.29, 1.82) is 0 Å². The van der Waals surface area contributed by atoms with Gasteiger partial charge in [0.25, 0.3) is 0 Å². The highest BCUT2D eigenvalue weighted by Crippen LogP contribution is 2.27. The third-order valence-electron chi connectivity index (χ3n) is 4.17. The average Bonchev–Trinajstić information content (AvgIpc) is 2.75. The largest absolute Gasteiger partial charge is 0.391 e. The summed E-state index contributed by atoms with van der Waals surface area (Å²) in [5.41, 5.74) is 5.86. The van der Waals surface area contributed by atoms with Crippen molar-refractivity contribution in [3.63, 3.8) is 0 Å². The third-order valence-corrected chi connectivity index (χ3v) is 4.17. The minimum Gasteiger partial charge on any atom is -0.391 e. The van der Waals surface area contributed by atoms with E-state index >= 15 is 0 Å². The highest BCUT2D eigenvalue weighted by molar-refractivity contribution is 5.76. The van der Waals surface area contributed by atoms with E-state index in [1.54, 1.807) is 4.90 Å². The molecule has 2 rings (SSSR count). The van der Waals surface area contributed by atoms with E-state index in [0.29, 0.717) is 24.9 Å². The van der Waals surface area contributed by atoms with Crippen LogP contribution in [0.15, 0.2) is 0 Å². The molecule has 3 N–H and O–H groups in total. The molecule has 1 saturated carbocycles. The fourth-order valence-corrected chi connectivity index (χ4v) is 2.93. The van der Waals surface area contributed by atoms with Crippen LogP contribution in [0.25, 0.3) is 0 Å². The predicted octanol–water partition coefficient (Wildman–Crippen LogP) is 0.877. The van der Waals surface area contributed by atoms with Gasteiger partial charge >= 0.3 is 0 Å². The smallest absolute Gasteiger partial charge is 0.222 e. The summed E-state index contributed by atoms with van der Waals surface area (Å²) < 4.78 is 0. The number of rotatable bonds is 3. The Morgan fingerprint density at radius 1 is 1.24 bits per heavy atom. The van der Waals surface area contributed by atoms with Crippen LogP contribution in [0.5, 0.6) is 0 Å². The minimum absolute atomic E-state index is 0.219. The number of likely N-dealkylation sites (tertiary alicyclic amines) is 1. The molecule has 1 aliphatic carbocycles. The molecule has 4 heteroatoms. The molecule has 4 nitrogen and oxygen atoms in total. The van der Waals surface area contributed by atoms with Crippen LogP contribution in [0, 0.1) is 5.92 Å². The van der Waals surface area contributed by atoms with Crippen molar-refractivity contribution >= 4 is 5.91 Å². The SMILES string of the molecule is NC1CCC(CCC(=O)N2CCC(O)C2)CC1. The monoisotopic (exact) mass is 240 g/mol.